The molecular weight excluding hydrogens is 370 g/mol. The van der Waals surface area contributed by atoms with E-state index >= 15 is 0 Å². The minimum atomic E-state index is -3.85. The quantitative estimate of drug-likeness (QED) is 0.700. The van der Waals surface area contributed by atoms with Crippen LogP contribution in [-0.2, 0) is 10.0 Å². The summed E-state index contributed by atoms with van der Waals surface area (Å²) in [4.78, 5) is 1.90. The molecule has 3 aromatic rings. The molecule has 0 amide bonds. The van der Waals surface area contributed by atoms with Crippen LogP contribution in [0.4, 0.5) is 20.2 Å². The van der Waals surface area contributed by atoms with Gasteiger partial charge >= 0.3 is 0 Å². The molecule has 0 aliphatic rings. The third-order valence-corrected chi connectivity index (χ3v) is 5.36. The molecule has 7 heteroatoms. The van der Waals surface area contributed by atoms with Gasteiger partial charge in [-0.3, -0.25) is 4.72 Å². The second-order valence-electron chi connectivity index (χ2n) is 6.23. The summed E-state index contributed by atoms with van der Waals surface area (Å²) in [6, 6.07) is 15.9. The van der Waals surface area contributed by atoms with Gasteiger partial charge in [-0.05, 0) is 59.7 Å². The van der Waals surface area contributed by atoms with Gasteiger partial charge in [0, 0.05) is 31.5 Å². The molecule has 3 aromatic carbocycles. The molecule has 0 aliphatic heterocycles. The Bertz CT molecular complexity index is 1050. The molecule has 0 saturated carbocycles. The predicted molar refractivity (Wildman–Crippen MR) is 103 cm³/mol. The minimum absolute atomic E-state index is 0.00126. The average molecular weight is 388 g/mol. The van der Waals surface area contributed by atoms with E-state index in [2.05, 4.69) is 4.72 Å². The maximum atomic E-state index is 13.5. The van der Waals surface area contributed by atoms with Crippen LogP contribution in [0.25, 0.3) is 11.1 Å². The monoisotopic (exact) mass is 388 g/mol. The summed E-state index contributed by atoms with van der Waals surface area (Å²) in [6.07, 6.45) is 0. The van der Waals surface area contributed by atoms with E-state index in [1.165, 1.54) is 18.2 Å². The molecule has 0 aromatic heterocycles. The number of anilines is 2. The molecule has 0 spiro atoms. The number of hydrogen-bond acceptors (Lipinski definition) is 3. The highest BCUT2D eigenvalue weighted by atomic mass is 32.2. The molecule has 0 radical (unpaired) electrons. The van der Waals surface area contributed by atoms with Crippen molar-refractivity contribution in [2.24, 2.45) is 0 Å². The van der Waals surface area contributed by atoms with Crippen molar-refractivity contribution >= 4 is 21.4 Å². The fourth-order valence-corrected chi connectivity index (χ4v) is 3.71. The fourth-order valence-electron chi connectivity index (χ4n) is 2.61. The van der Waals surface area contributed by atoms with Crippen molar-refractivity contribution in [3.05, 3.63) is 78.4 Å². The van der Waals surface area contributed by atoms with Crippen molar-refractivity contribution in [3.8, 4) is 11.1 Å². The number of hydrogen-bond donors (Lipinski definition) is 1. The summed E-state index contributed by atoms with van der Waals surface area (Å²) < 4.78 is 54.7. The van der Waals surface area contributed by atoms with Crippen LogP contribution in [0.2, 0.25) is 0 Å². The van der Waals surface area contributed by atoms with Gasteiger partial charge in [-0.25, -0.2) is 17.2 Å². The third-order valence-electron chi connectivity index (χ3n) is 3.98. The van der Waals surface area contributed by atoms with Gasteiger partial charge in [0.05, 0.1) is 4.90 Å². The van der Waals surface area contributed by atoms with Crippen LogP contribution < -0.4 is 9.62 Å². The van der Waals surface area contributed by atoms with Crippen LogP contribution in [0.5, 0.6) is 0 Å². The van der Waals surface area contributed by atoms with E-state index in [0.29, 0.717) is 11.3 Å². The van der Waals surface area contributed by atoms with E-state index in [-0.39, 0.29) is 10.5 Å². The normalized spacial score (nSPS) is 11.3. The average Bonchev–Trinajstić information content (AvgIpc) is 2.61. The van der Waals surface area contributed by atoms with Gasteiger partial charge in [-0.2, -0.15) is 0 Å². The first-order valence-corrected chi connectivity index (χ1v) is 9.60. The first kappa shape index (κ1) is 18.8. The molecule has 0 unspecified atom stereocenters. The molecule has 0 bridgehead atoms. The summed E-state index contributed by atoms with van der Waals surface area (Å²) in [5, 5.41) is 0. The van der Waals surface area contributed by atoms with Gasteiger partial charge in [-0.1, -0.05) is 12.1 Å². The maximum absolute atomic E-state index is 13.5. The second kappa shape index (κ2) is 7.36. The van der Waals surface area contributed by atoms with E-state index < -0.39 is 21.7 Å². The van der Waals surface area contributed by atoms with Crippen molar-refractivity contribution in [1.82, 2.24) is 0 Å². The van der Waals surface area contributed by atoms with Gasteiger partial charge in [0.25, 0.3) is 10.0 Å². The summed E-state index contributed by atoms with van der Waals surface area (Å²) in [5.74, 6) is -1.45. The van der Waals surface area contributed by atoms with Crippen molar-refractivity contribution in [1.29, 1.82) is 0 Å². The molecule has 3 rings (SSSR count). The van der Waals surface area contributed by atoms with E-state index in [4.69, 9.17) is 0 Å². The fraction of sp³-hybridized carbons (Fsp3) is 0.100. The largest absolute Gasteiger partial charge is 0.378 e. The third kappa shape index (κ3) is 4.43. The second-order valence-corrected chi connectivity index (χ2v) is 7.92. The summed E-state index contributed by atoms with van der Waals surface area (Å²) in [6.45, 7) is 0. The maximum Gasteiger partial charge on any atom is 0.261 e. The number of nitrogens with one attached hydrogen (secondary N) is 1. The van der Waals surface area contributed by atoms with Crippen molar-refractivity contribution in [2.45, 2.75) is 4.90 Å². The Balaban J connectivity index is 1.91. The van der Waals surface area contributed by atoms with Crippen molar-refractivity contribution in [3.63, 3.8) is 0 Å². The summed E-state index contributed by atoms with van der Waals surface area (Å²) in [5.41, 5.74) is 2.02. The van der Waals surface area contributed by atoms with Crippen molar-refractivity contribution < 1.29 is 17.2 Å². The van der Waals surface area contributed by atoms with Gasteiger partial charge in [0.15, 0.2) is 0 Å². The molecule has 140 valence electrons. The minimum Gasteiger partial charge on any atom is -0.378 e. The zero-order valence-electron chi connectivity index (χ0n) is 14.8. The molecule has 0 fully saturated rings. The van der Waals surface area contributed by atoms with E-state index in [1.807, 2.05) is 19.0 Å². The van der Waals surface area contributed by atoms with Crippen LogP contribution in [0, 0.1) is 11.6 Å². The first-order chi connectivity index (χ1) is 12.7. The number of halogens is 2. The van der Waals surface area contributed by atoms with Crippen LogP contribution in [0.15, 0.2) is 71.6 Å². The Kier molecular flexibility index (Phi) is 5.14. The van der Waals surface area contributed by atoms with Gasteiger partial charge in [0.1, 0.15) is 11.6 Å². The Hall–Kier alpha value is -2.93. The highest BCUT2D eigenvalue weighted by Crippen LogP contribution is 2.26. The first-order valence-electron chi connectivity index (χ1n) is 8.11. The van der Waals surface area contributed by atoms with Crippen LogP contribution in [-0.4, -0.2) is 22.5 Å². The zero-order chi connectivity index (χ0) is 19.6. The molecule has 0 saturated heterocycles. The lowest BCUT2D eigenvalue weighted by Gasteiger charge is -2.14. The standard InChI is InChI=1S/C20H18F2N2O2S/c1-24(2)19-8-6-18(7-9-19)23-27(25,26)20-5-3-4-14(12-20)15-10-16(21)13-17(22)11-15/h3-13,23H,1-2H3. The lowest BCUT2D eigenvalue weighted by Crippen LogP contribution is -2.13. The van der Waals surface area contributed by atoms with E-state index in [1.54, 1.807) is 30.3 Å². The van der Waals surface area contributed by atoms with E-state index in [9.17, 15) is 17.2 Å². The Labute approximate surface area is 157 Å². The lowest BCUT2D eigenvalue weighted by atomic mass is 10.1. The Morgan fingerprint density at radius 1 is 0.815 bits per heavy atom. The molecular formula is C20H18F2N2O2S. The Morgan fingerprint density at radius 2 is 1.44 bits per heavy atom. The smallest absolute Gasteiger partial charge is 0.261 e. The Morgan fingerprint density at radius 3 is 2.04 bits per heavy atom. The van der Waals surface area contributed by atoms with Gasteiger partial charge < -0.3 is 4.90 Å². The molecule has 0 heterocycles. The lowest BCUT2D eigenvalue weighted by molar-refractivity contribution is 0.584. The van der Waals surface area contributed by atoms with Crippen LogP contribution >= 0.6 is 0 Å². The molecule has 27 heavy (non-hydrogen) atoms. The SMILES string of the molecule is CN(C)c1ccc(NS(=O)(=O)c2cccc(-c3cc(F)cc(F)c3)c2)cc1. The van der Waals surface area contributed by atoms with Gasteiger partial charge in [0.2, 0.25) is 0 Å². The van der Waals surface area contributed by atoms with Crippen molar-refractivity contribution in [2.75, 3.05) is 23.7 Å². The number of sulfonamides is 1. The molecule has 1 N–H and O–H groups in total. The number of benzene rings is 3. The topological polar surface area (TPSA) is 49.4 Å². The molecule has 0 aliphatic carbocycles. The highest BCUT2D eigenvalue weighted by Gasteiger charge is 2.15. The summed E-state index contributed by atoms with van der Waals surface area (Å²) >= 11 is 0. The molecule has 0 atom stereocenters. The van der Waals surface area contributed by atoms with Crippen LogP contribution in [0.3, 0.4) is 0 Å². The zero-order valence-corrected chi connectivity index (χ0v) is 15.6. The number of rotatable bonds is 5. The predicted octanol–water partition coefficient (Wildman–Crippen LogP) is 4.50. The highest BCUT2D eigenvalue weighted by molar-refractivity contribution is 7.92. The summed E-state index contributed by atoms with van der Waals surface area (Å²) in [7, 11) is -0.0707. The van der Waals surface area contributed by atoms with Gasteiger partial charge in [-0.15, -0.1) is 0 Å². The van der Waals surface area contributed by atoms with E-state index in [0.717, 1.165) is 23.9 Å². The molecule has 4 nitrogen and oxygen atoms in total. The number of nitrogens with zero attached hydrogens (tertiary/aromatic N) is 1. The van der Waals surface area contributed by atoms with Crippen LogP contribution in [0.1, 0.15) is 0 Å².